The molecule has 1 N–H and O–H groups in total. The molecule has 2 heterocycles. The van der Waals surface area contributed by atoms with E-state index in [9.17, 15) is 4.79 Å². The van der Waals surface area contributed by atoms with Crippen molar-refractivity contribution in [3.05, 3.63) is 59.7 Å². The number of piperazine rings is 1. The summed E-state index contributed by atoms with van der Waals surface area (Å²) in [5.41, 5.74) is 4.99. The van der Waals surface area contributed by atoms with Crippen LogP contribution in [0, 0.1) is 12.8 Å². The van der Waals surface area contributed by atoms with Gasteiger partial charge >= 0.3 is 0 Å². The van der Waals surface area contributed by atoms with Gasteiger partial charge in [0.15, 0.2) is 0 Å². The van der Waals surface area contributed by atoms with Crippen LogP contribution in [0.2, 0.25) is 0 Å². The van der Waals surface area contributed by atoms with Crippen molar-refractivity contribution in [3.63, 3.8) is 0 Å². The number of nitrogens with zero attached hydrogens (tertiary/aromatic N) is 3. The monoisotopic (exact) mass is 406 g/mol. The molecule has 0 bridgehead atoms. The van der Waals surface area contributed by atoms with E-state index < -0.39 is 0 Å². The van der Waals surface area contributed by atoms with Crippen molar-refractivity contribution >= 4 is 17.3 Å². The molecule has 2 aliphatic rings. The minimum Gasteiger partial charge on any atom is -0.371 e. The first-order valence-corrected chi connectivity index (χ1v) is 11.2. The SMILES string of the molecule is Cc1ccc(N2CCC(C(=O)NCc3ccc(N4CCN(C)CC4)cc3)CC2)cc1. The number of hydrogen-bond donors (Lipinski definition) is 1. The fraction of sp³-hybridized carbons (Fsp3) is 0.480. The van der Waals surface area contributed by atoms with Gasteiger partial charge in [0.1, 0.15) is 0 Å². The molecular weight excluding hydrogens is 372 g/mol. The van der Waals surface area contributed by atoms with E-state index in [1.165, 1.54) is 22.5 Å². The number of aryl methyl sites for hydroxylation is 1. The maximum absolute atomic E-state index is 12.7. The first-order chi connectivity index (χ1) is 14.6. The Balaban J connectivity index is 1.22. The second kappa shape index (κ2) is 9.52. The number of piperidine rings is 1. The Morgan fingerprint density at radius 2 is 1.37 bits per heavy atom. The Kier molecular flexibility index (Phi) is 6.58. The average molecular weight is 407 g/mol. The predicted molar refractivity (Wildman–Crippen MR) is 124 cm³/mol. The molecular formula is C25H34N4O. The number of benzene rings is 2. The Morgan fingerprint density at radius 3 is 1.97 bits per heavy atom. The average Bonchev–Trinajstić information content (AvgIpc) is 2.79. The summed E-state index contributed by atoms with van der Waals surface area (Å²) in [6.45, 7) is 8.99. The smallest absolute Gasteiger partial charge is 0.223 e. The minimum atomic E-state index is 0.122. The molecule has 0 radical (unpaired) electrons. The van der Waals surface area contributed by atoms with E-state index in [4.69, 9.17) is 0 Å². The topological polar surface area (TPSA) is 38.8 Å². The largest absolute Gasteiger partial charge is 0.371 e. The first-order valence-electron chi connectivity index (χ1n) is 11.2. The summed E-state index contributed by atoms with van der Waals surface area (Å²) in [5.74, 6) is 0.318. The summed E-state index contributed by atoms with van der Waals surface area (Å²) in [7, 11) is 2.18. The summed E-state index contributed by atoms with van der Waals surface area (Å²) in [4.78, 5) is 19.9. The third-order valence-corrected chi connectivity index (χ3v) is 6.54. The molecule has 0 spiro atoms. The Labute approximate surface area is 180 Å². The summed E-state index contributed by atoms with van der Waals surface area (Å²) < 4.78 is 0. The van der Waals surface area contributed by atoms with Crippen molar-refractivity contribution in [2.45, 2.75) is 26.3 Å². The number of amides is 1. The van der Waals surface area contributed by atoms with Crippen LogP contribution in [0.4, 0.5) is 11.4 Å². The van der Waals surface area contributed by atoms with E-state index in [2.05, 4.69) is 82.5 Å². The van der Waals surface area contributed by atoms with Gasteiger partial charge in [0.05, 0.1) is 0 Å². The van der Waals surface area contributed by atoms with Crippen LogP contribution in [0.3, 0.4) is 0 Å². The van der Waals surface area contributed by atoms with E-state index in [-0.39, 0.29) is 11.8 Å². The minimum absolute atomic E-state index is 0.122. The molecule has 5 nitrogen and oxygen atoms in total. The molecule has 1 amide bonds. The summed E-state index contributed by atoms with van der Waals surface area (Å²) >= 11 is 0. The normalized spacial score (nSPS) is 18.5. The fourth-order valence-corrected chi connectivity index (χ4v) is 4.38. The molecule has 2 aromatic carbocycles. The number of carbonyl (C=O) groups excluding carboxylic acids is 1. The third-order valence-electron chi connectivity index (χ3n) is 6.54. The van der Waals surface area contributed by atoms with Crippen LogP contribution in [0.5, 0.6) is 0 Å². The Morgan fingerprint density at radius 1 is 0.833 bits per heavy atom. The Bertz CT molecular complexity index is 817. The van der Waals surface area contributed by atoms with Crippen LogP contribution in [0.25, 0.3) is 0 Å². The van der Waals surface area contributed by atoms with E-state index in [0.717, 1.165) is 52.1 Å². The molecule has 160 valence electrons. The highest BCUT2D eigenvalue weighted by Gasteiger charge is 2.25. The van der Waals surface area contributed by atoms with Gasteiger partial charge in [-0.25, -0.2) is 0 Å². The molecule has 2 aromatic rings. The van der Waals surface area contributed by atoms with E-state index in [1.807, 2.05) is 0 Å². The summed E-state index contributed by atoms with van der Waals surface area (Å²) in [5, 5.41) is 3.16. The maximum atomic E-state index is 12.7. The van der Waals surface area contributed by atoms with Gasteiger partial charge in [-0.1, -0.05) is 29.8 Å². The maximum Gasteiger partial charge on any atom is 0.223 e. The van der Waals surface area contributed by atoms with Gasteiger partial charge < -0.3 is 20.0 Å². The highest BCUT2D eigenvalue weighted by Crippen LogP contribution is 2.24. The molecule has 0 atom stereocenters. The quantitative estimate of drug-likeness (QED) is 0.827. The second-order valence-electron chi connectivity index (χ2n) is 8.77. The van der Waals surface area contributed by atoms with Crippen molar-refractivity contribution < 1.29 is 4.79 Å². The first kappa shape index (κ1) is 20.7. The Hall–Kier alpha value is -2.53. The van der Waals surface area contributed by atoms with E-state index in [0.29, 0.717) is 6.54 Å². The van der Waals surface area contributed by atoms with Crippen LogP contribution in [-0.2, 0) is 11.3 Å². The predicted octanol–water partition coefficient (Wildman–Crippen LogP) is 3.28. The molecule has 0 unspecified atom stereocenters. The number of hydrogen-bond acceptors (Lipinski definition) is 4. The van der Waals surface area contributed by atoms with Gasteiger partial charge in [-0.05, 0) is 56.6 Å². The van der Waals surface area contributed by atoms with Crippen molar-refractivity contribution in [2.75, 3.05) is 56.1 Å². The molecule has 30 heavy (non-hydrogen) atoms. The van der Waals surface area contributed by atoms with Crippen molar-refractivity contribution in [1.29, 1.82) is 0 Å². The number of likely N-dealkylation sites (N-methyl/N-ethyl adjacent to an activating group) is 1. The highest BCUT2D eigenvalue weighted by atomic mass is 16.1. The van der Waals surface area contributed by atoms with Gasteiger partial charge in [0, 0.05) is 63.1 Å². The van der Waals surface area contributed by atoms with Crippen molar-refractivity contribution in [1.82, 2.24) is 10.2 Å². The number of rotatable bonds is 5. The zero-order valence-corrected chi connectivity index (χ0v) is 18.3. The molecule has 2 saturated heterocycles. The van der Waals surface area contributed by atoms with E-state index >= 15 is 0 Å². The molecule has 0 aliphatic carbocycles. The molecule has 2 fully saturated rings. The zero-order chi connectivity index (χ0) is 20.9. The van der Waals surface area contributed by atoms with Gasteiger partial charge in [-0.15, -0.1) is 0 Å². The van der Waals surface area contributed by atoms with Gasteiger partial charge in [-0.3, -0.25) is 4.79 Å². The van der Waals surface area contributed by atoms with Crippen LogP contribution in [-0.4, -0.2) is 57.1 Å². The number of nitrogens with one attached hydrogen (secondary N) is 1. The van der Waals surface area contributed by atoms with Crippen molar-refractivity contribution in [2.24, 2.45) is 5.92 Å². The summed E-state index contributed by atoms with van der Waals surface area (Å²) in [6.07, 6.45) is 1.84. The van der Waals surface area contributed by atoms with E-state index in [1.54, 1.807) is 0 Å². The lowest BCUT2D eigenvalue weighted by Gasteiger charge is -2.34. The zero-order valence-electron chi connectivity index (χ0n) is 18.3. The van der Waals surface area contributed by atoms with Crippen LogP contribution in [0.1, 0.15) is 24.0 Å². The highest BCUT2D eigenvalue weighted by molar-refractivity contribution is 5.79. The third kappa shape index (κ3) is 5.14. The summed E-state index contributed by atoms with van der Waals surface area (Å²) in [6, 6.07) is 17.3. The van der Waals surface area contributed by atoms with Gasteiger partial charge in [-0.2, -0.15) is 0 Å². The molecule has 4 rings (SSSR count). The lowest BCUT2D eigenvalue weighted by molar-refractivity contribution is -0.125. The lowest BCUT2D eigenvalue weighted by atomic mass is 9.95. The standard InChI is InChI=1S/C25H34N4O/c1-20-3-7-23(8-4-20)28-13-11-22(12-14-28)25(30)26-19-21-5-9-24(10-6-21)29-17-15-27(2)16-18-29/h3-10,22H,11-19H2,1-2H3,(H,26,30). The van der Waals surface area contributed by atoms with Gasteiger partial charge in [0.2, 0.25) is 5.91 Å². The molecule has 0 aromatic heterocycles. The van der Waals surface area contributed by atoms with Crippen LogP contribution in [0.15, 0.2) is 48.5 Å². The van der Waals surface area contributed by atoms with Crippen LogP contribution < -0.4 is 15.1 Å². The van der Waals surface area contributed by atoms with Crippen molar-refractivity contribution in [3.8, 4) is 0 Å². The second-order valence-corrected chi connectivity index (χ2v) is 8.77. The van der Waals surface area contributed by atoms with Crippen LogP contribution >= 0.6 is 0 Å². The molecule has 2 aliphatic heterocycles. The number of carbonyl (C=O) groups is 1. The van der Waals surface area contributed by atoms with Gasteiger partial charge in [0.25, 0.3) is 0 Å². The molecule has 5 heteroatoms. The number of anilines is 2. The lowest BCUT2D eigenvalue weighted by Crippen LogP contribution is -2.44. The molecule has 0 saturated carbocycles. The fourth-order valence-electron chi connectivity index (χ4n) is 4.38.